The fourth-order valence-electron chi connectivity index (χ4n) is 1.54. The highest BCUT2D eigenvalue weighted by molar-refractivity contribution is 7.84. The van der Waals surface area contributed by atoms with Gasteiger partial charge in [0.15, 0.2) is 12.4 Å². The molecule has 1 unspecified atom stereocenters. The molecule has 0 saturated carbocycles. The van der Waals surface area contributed by atoms with Gasteiger partial charge in [-0.15, -0.1) is 0 Å². The number of ketones is 1. The molecule has 0 saturated heterocycles. The van der Waals surface area contributed by atoms with Gasteiger partial charge < -0.3 is 0 Å². The smallest absolute Gasteiger partial charge is 0.227 e. The lowest BCUT2D eigenvalue weighted by Gasteiger charge is -2.00. The van der Waals surface area contributed by atoms with Crippen molar-refractivity contribution in [3.63, 3.8) is 0 Å². The van der Waals surface area contributed by atoms with Crippen molar-refractivity contribution in [3.05, 3.63) is 54.6 Å². The lowest BCUT2D eigenvalue weighted by atomic mass is 10.1. The quantitative estimate of drug-likeness (QED) is 0.609. The predicted molar refractivity (Wildman–Crippen MR) is 67.5 cm³/mol. The van der Waals surface area contributed by atoms with Gasteiger partial charge in [-0.2, -0.15) is 4.57 Å². The maximum Gasteiger partial charge on any atom is 0.227 e. The predicted octanol–water partition coefficient (Wildman–Crippen LogP) is 0.989. The molecule has 92 valence electrons. The van der Waals surface area contributed by atoms with Crippen LogP contribution in [0.5, 0.6) is 0 Å². The minimum Gasteiger partial charge on any atom is -0.287 e. The number of hydrogen-bond donors (Lipinski definition) is 0. The van der Waals surface area contributed by atoms with Crippen molar-refractivity contribution >= 4 is 16.6 Å². The van der Waals surface area contributed by atoms with Gasteiger partial charge in [-0.05, 0) is 24.3 Å². The largest absolute Gasteiger partial charge is 0.287 e. The van der Waals surface area contributed by atoms with Crippen LogP contribution in [0.4, 0.5) is 0 Å². The van der Waals surface area contributed by atoms with Gasteiger partial charge in [0.05, 0.1) is 12.4 Å². The second-order valence-electron chi connectivity index (χ2n) is 3.82. The Hall–Kier alpha value is -1.88. The molecule has 0 radical (unpaired) electrons. The molecule has 4 nitrogen and oxygen atoms in total. The monoisotopic (exact) mass is 261 g/mol. The Morgan fingerprint density at radius 2 is 1.83 bits per heavy atom. The van der Waals surface area contributed by atoms with Crippen molar-refractivity contribution in [2.45, 2.75) is 11.4 Å². The second kappa shape index (κ2) is 5.64. The summed E-state index contributed by atoms with van der Waals surface area (Å²) >= 11 is 0. The molecule has 1 aromatic carbocycles. The van der Waals surface area contributed by atoms with Gasteiger partial charge in [0.1, 0.15) is 0 Å². The number of rotatable bonds is 4. The first-order valence-electron chi connectivity index (χ1n) is 5.42. The third kappa shape index (κ3) is 3.07. The highest BCUT2D eigenvalue weighted by atomic mass is 32.2. The summed E-state index contributed by atoms with van der Waals surface area (Å²) in [6.45, 7) is 0.275. The van der Waals surface area contributed by atoms with Crippen LogP contribution in [0, 0.1) is 0 Å². The first-order valence-corrected chi connectivity index (χ1v) is 6.98. The zero-order valence-corrected chi connectivity index (χ0v) is 10.8. The highest BCUT2D eigenvalue weighted by Crippen LogP contribution is 2.08. The standard InChI is InChI=1S/C13H13N2O2S/c1-18(17)12-4-2-11(3-5-12)13(16)10-15-8-6-14-7-9-15/h2-9H,10H2,1H3/q+1. The van der Waals surface area contributed by atoms with Crippen molar-refractivity contribution < 1.29 is 13.6 Å². The van der Waals surface area contributed by atoms with Gasteiger partial charge in [0.25, 0.3) is 0 Å². The minimum absolute atomic E-state index is 0.0136. The molecule has 1 atom stereocenters. The third-order valence-corrected chi connectivity index (χ3v) is 3.46. The minimum atomic E-state index is -1.01. The first-order chi connectivity index (χ1) is 8.66. The summed E-state index contributed by atoms with van der Waals surface area (Å²) in [5.41, 5.74) is 0.619. The maximum absolute atomic E-state index is 12.0. The lowest BCUT2D eigenvalue weighted by Crippen LogP contribution is -2.37. The molecule has 1 aromatic heterocycles. The van der Waals surface area contributed by atoms with Crippen molar-refractivity contribution in [2.75, 3.05) is 6.26 Å². The van der Waals surface area contributed by atoms with E-state index in [1.165, 1.54) is 0 Å². The highest BCUT2D eigenvalue weighted by Gasteiger charge is 2.11. The van der Waals surface area contributed by atoms with Crippen LogP contribution in [0.2, 0.25) is 0 Å². The van der Waals surface area contributed by atoms with Crippen LogP contribution >= 0.6 is 0 Å². The molecule has 2 aromatic rings. The molecule has 0 spiro atoms. The average molecular weight is 261 g/mol. The molecular formula is C13H13N2O2S+. The number of hydrogen-bond acceptors (Lipinski definition) is 3. The molecule has 1 heterocycles. The first kappa shape index (κ1) is 12.6. The Labute approximate surface area is 108 Å². The number of nitrogens with zero attached hydrogens (tertiary/aromatic N) is 2. The van der Waals surface area contributed by atoms with Crippen molar-refractivity contribution in [2.24, 2.45) is 0 Å². The topological polar surface area (TPSA) is 50.9 Å². The third-order valence-electron chi connectivity index (χ3n) is 2.52. The molecule has 5 heteroatoms. The summed E-state index contributed by atoms with van der Waals surface area (Å²) in [6.07, 6.45) is 8.37. The molecule has 0 fully saturated rings. The van der Waals surface area contributed by atoms with Crippen LogP contribution in [0.3, 0.4) is 0 Å². The Morgan fingerprint density at radius 1 is 1.22 bits per heavy atom. The van der Waals surface area contributed by atoms with Crippen LogP contribution in [-0.4, -0.2) is 21.2 Å². The molecule has 0 amide bonds. The zero-order chi connectivity index (χ0) is 13.0. The molecule has 18 heavy (non-hydrogen) atoms. The summed E-state index contributed by atoms with van der Waals surface area (Å²) < 4.78 is 13.0. The fraction of sp³-hybridized carbons (Fsp3) is 0.154. The van der Waals surface area contributed by atoms with Crippen molar-refractivity contribution in [1.82, 2.24) is 4.98 Å². The van der Waals surface area contributed by atoms with Gasteiger partial charge in [-0.25, -0.2) is 0 Å². The summed E-state index contributed by atoms with van der Waals surface area (Å²) in [7, 11) is -1.01. The molecule has 0 aliphatic rings. The van der Waals surface area contributed by atoms with Crippen LogP contribution in [-0.2, 0) is 17.3 Å². The van der Waals surface area contributed by atoms with Crippen LogP contribution in [0.1, 0.15) is 10.4 Å². The summed E-state index contributed by atoms with van der Waals surface area (Å²) in [6, 6.07) is 6.86. The van der Waals surface area contributed by atoms with Gasteiger partial charge >= 0.3 is 0 Å². The number of aromatic nitrogens is 2. The average Bonchev–Trinajstić information content (AvgIpc) is 2.40. The van der Waals surface area contributed by atoms with E-state index >= 15 is 0 Å². The van der Waals surface area contributed by atoms with Gasteiger partial charge in [-0.3, -0.25) is 14.0 Å². The normalized spacial score (nSPS) is 12.1. The molecule has 0 aliphatic heterocycles. The van der Waals surface area contributed by atoms with E-state index in [0.29, 0.717) is 5.56 Å². The van der Waals surface area contributed by atoms with Crippen LogP contribution in [0.25, 0.3) is 0 Å². The molecular weight excluding hydrogens is 248 g/mol. The van der Waals surface area contributed by atoms with Gasteiger partial charge in [-0.1, -0.05) is 0 Å². The number of benzene rings is 1. The number of Topliss-reactive ketones (excluding diaryl/α,β-unsaturated/α-hetero) is 1. The maximum atomic E-state index is 12.0. The van der Waals surface area contributed by atoms with E-state index in [1.807, 2.05) is 0 Å². The lowest BCUT2D eigenvalue weighted by molar-refractivity contribution is -0.683. The van der Waals surface area contributed by atoms with E-state index in [0.717, 1.165) is 4.90 Å². The fourth-order valence-corrected chi connectivity index (χ4v) is 2.06. The Kier molecular flexibility index (Phi) is 3.94. The summed E-state index contributed by atoms with van der Waals surface area (Å²) in [5, 5.41) is 0. The van der Waals surface area contributed by atoms with E-state index in [9.17, 15) is 9.00 Å². The van der Waals surface area contributed by atoms with E-state index in [1.54, 1.807) is 59.9 Å². The van der Waals surface area contributed by atoms with Crippen LogP contribution < -0.4 is 4.57 Å². The summed E-state index contributed by atoms with van der Waals surface area (Å²) in [4.78, 5) is 16.6. The number of carbonyl (C=O) groups excluding carboxylic acids is 1. The van der Waals surface area contributed by atoms with Gasteiger partial charge in [0, 0.05) is 27.5 Å². The van der Waals surface area contributed by atoms with E-state index in [-0.39, 0.29) is 12.3 Å². The van der Waals surface area contributed by atoms with Crippen molar-refractivity contribution in [1.29, 1.82) is 0 Å². The zero-order valence-electron chi connectivity index (χ0n) is 9.95. The van der Waals surface area contributed by atoms with E-state index in [2.05, 4.69) is 4.98 Å². The van der Waals surface area contributed by atoms with Crippen LogP contribution in [0.15, 0.2) is 53.9 Å². The van der Waals surface area contributed by atoms with Gasteiger partial charge in [0.2, 0.25) is 12.3 Å². The molecule has 0 bridgehead atoms. The Balaban J connectivity index is 2.12. The van der Waals surface area contributed by atoms with E-state index < -0.39 is 10.8 Å². The number of carbonyl (C=O) groups is 1. The second-order valence-corrected chi connectivity index (χ2v) is 5.20. The molecule has 0 N–H and O–H groups in total. The van der Waals surface area contributed by atoms with E-state index in [4.69, 9.17) is 0 Å². The van der Waals surface area contributed by atoms with Crippen molar-refractivity contribution in [3.8, 4) is 0 Å². The summed E-state index contributed by atoms with van der Waals surface area (Å²) in [5.74, 6) is 0.0136. The molecule has 2 rings (SSSR count). The molecule has 0 aliphatic carbocycles. The Morgan fingerprint density at radius 3 is 2.39 bits per heavy atom. The SMILES string of the molecule is CS(=O)c1ccc(C(=O)C[n+]2ccncc2)cc1. The Bertz CT molecular complexity index is 567.